The molecule has 8 heteroatoms. The van der Waals surface area contributed by atoms with Gasteiger partial charge in [0.1, 0.15) is 23.8 Å². The van der Waals surface area contributed by atoms with Crippen molar-refractivity contribution in [2.75, 3.05) is 7.11 Å². The number of ketones is 1. The lowest BCUT2D eigenvalue weighted by molar-refractivity contribution is -0.145. The van der Waals surface area contributed by atoms with E-state index in [0.717, 1.165) is 18.2 Å². The summed E-state index contributed by atoms with van der Waals surface area (Å²) in [5.74, 6) is -2.40. The molecule has 0 aliphatic carbocycles. The minimum absolute atomic E-state index is 0.0379. The Morgan fingerprint density at radius 2 is 1.50 bits per heavy atom. The smallest absolute Gasteiger partial charge is 0.408 e. The number of alkyl carbamates (subject to hydrolysis) is 1. The average molecular weight is 524 g/mol. The van der Waals surface area contributed by atoms with Gasteiger partial charge in [0, 0.05) is 6.42 Å². The van der Waals surface area contributed by atoms with Gasteiger partial charge in [-0.1, -0.05) is 75.4 Å². The first kappa shape index (κ1) is 30.3. The van der Waals surface area contributed by atoms with Crippen LogP contribution in [-0.4, -0.2) is 42.6 Å². The number of esters is 2. The zero-order chi connectivity index (χ0) is 28.5. The van der Waals surface area contributed by atoms with Crippen molar-refractivity contribution in [3.05, 3.63) is 76.9 Å². The molecule has 0 aliphatic rings. The highest BCUT2D eigenvalue weighted by Crippen LogP contribution is 2.23. The summed E-state index contributed by atoms with van der Waals surface area (Å²) in [5, 5.41) is 2.36. The fourth-order valence-electron chi connectivity index (χ4n) is 3.38. The molecule has 2 aromatic carbocycles. The van der Waals surface area contributed by atoms with Gasteiger partial charge < -0.3 is 19.5 Å². The molecule has 0 saturated carbocycles. The maximum atomic E-state index is 13.4. The van der Waals surface area contributed by atoms with E-state index in [2.05, 4.69) is 26.1 Å². The molecule has 0 saturated heterocycles. The van der Waals surface area contributed by atoms with Crippen molar-refractivity contribution in [2.45, 2.75) is 71.6 Å². The summed E-state index contributed by atoms with van der Waals surface area (Å²) in [4.78, 5) is 51.1. The van der Waals surface area contributed by atoms with E-state index in [9.17, 15) is 19.2 Å². The van der Waals surface area contributed by atoms with Crippen LogP contribution in [0.1, 0.15) is 64.7 Å². The summed E-state index contributed by atoms with van der Waals surface area (Å²) < 4.78 is 15.4. The first-order chi connectivity index (χ1) is 17.7. The van der Waals surface area contributed by atoms with E-state index >= 15 is 0 Å². The standard InChI is InChI=1S/C30H37NO7/c1-29(2,3)22-15-13-20(14-16-22)17-23(26(33)37-19-21-11-9-8-10-12-21)25(32)18-24(27(34)36-7)31-28(35)38-30(4,5)6/h8-17,24H,18-19H2,1-7H3,(H,31,35)/b23-17+/t24-/m0/s1. The molecule has 0 fully saturated rings. The summed E-state index contributed by atoms with van der Waals surface area (Å²) in [7, 11) is 1.14. The third-order valence-corrected chi connectivity index (χ3v) is 5.39. The molecule has 0 bridgehead atoms. The van der Waals surface area contributed by atoms with Crippen LogP contribution < -0.4 is 5.32 Å². The van der Waals surface area contributed by atoms with Crippen LogP contribution >= 0.6 is 0 Å². The number of amides is 1. The van der Waals surface area contributed by atoms with Gasteiger partial charge in [-0.3, -0.25) is 4.79 Å². The molecule has 0 unspecified atom stereocenters. The molecule has 0 aliphatic heterocycles. The molecule has 0 heterocycles. The third-order valence-electron chi connectivity index (χ3n) is 5.39. The number of carbonyl (C=O) groups excluding carboxylic acids is 4. The number of benzene rings is 2. The Balaban J connectivity index is 2.34. The van der Waals surface area contributed by atoms with Gasteiger partial charge in [0.05, 0.1) is 7.11 Å². The van der Waals surface area contributed by atoms with Crippen LogP contribution in [0, 0.1) is 0 Å². The molecular formula is C30H37NO7. The quantitative estimate of drug-likeness (QED) is 0.159. The Bertz CT molecular complexity index is 1150. The van der Waals surface area contributed by atoms with Crippen LogP contribution in [0.25, 0.3) is 6.08 Å². The maximum Gasteiger partial charge on any atom is 0.408 e. The van der Waals surface area contributed by atoms with Crippen LogP contribution in [0.15, 0.2) is 60.2 Å². The van der Waals surface area contributed by atoms with Crippen molar-refractivity contribution in [3.8, 4) is 0 Å². The number of Topliss-reactive ketones (excluding diaryl/α,β-unsaturated/α-hetero) is 1. The Hall–Kier alpha value is -3.94. The van der Waals surface area contributed by atoms with E-state index in [0.29, 0.717) is 5.56 Å². The van der Waals surface area contributed by atoms with E-state index in [4.69, 9.17) is 14.2 Å². The van der Waals surface area contributed by atoms with Crippen molar-refractivity contribution in [1.82, 2.24) is 5.32 Å². The largest absolute Gasteiger partial charge is 0.467 e. The minimum Gasteiger partial charge on any atom is -0.467 e. The molecule has 2 rings (SSSR count). The maximum absolute atomic E-state index is 13.4. The number of methoxy groups -OCH3 is 1. The van der Waals surface area contributed by atoms with Gasteiger partial charge >= 0.3 is 18.0 Å². The van der Waals surface area contributed by atoms with E-state index in [1.54, 1.807) is 45.0 Å². The molecule has 0 radical (unpaired) electrons. The number of nitrogens with one attached hydrogen (secondary N) is 1. The average Bonchev–Trinajstić information content (AvgIpc) is 2.84. The molecule has 1 amide bonds. The normalized spacial score (nSPS) is 12.8. The van der Waals surface area contributed by atoms with Crippen molar-refractivity contribution in [3.63, 3.8) is 0 Å². The molecule has 8 nitrogen and oxygen atoms in total. The minimum atomic E-state index is -1.36. The predicted octanol–water partition coefficient (Wildman–Crippen LogP) is 5.14. The third kappa shape index (κ3) is 9.84. The van der Waals surface area contributed by atoms with Crippen molar-refractivity contribution >= 4 is 29.9 Å². The molecule has 1 N–H and O–H groups in total. The Labute approximate surface area is 224 Å². The number of rotatable bonds is 9. The number of ether oxygens (including phenoxy) is 3. The van der Waals surface area contributed by atoms with Gasteiger partial charge in [-0.05, 0) is 49.0 Å². The summed E-state index contributed by atoms with van der Waals surface area (Å²) in [6.07, 6.45) is -0.00187. The second kappa shape index (κ2) is 13.0. The lowest BCUT2D eigenvalue weighted by Crippen LogP contribution is -2.45. The zero-order valence-electron chi connectivity index (χ0n) is 23.1. The van der Waals surface area contributed by atoms with Gasteiger partial charge in [0.2, 0.25) is 0 Å². The molecular weight excluding hydrogens is 486 g/mol. The van der Waals surface area contributed by atoms with Gasteiger partial charge in [-0.25, -0.2) is 14.4 Å². The van der Waals surface area contributed by atoms with Crippen LogP contribution in [0.3, 0.4) is 0 Å². The molecule has 2 aromatic rings. The van der Waals surface area contributed by atoms with E-state index < -0.39 is 41.9 Å². The fourth-order valence-corrected chi connectivity index (χ4v) is 3.38. The van der Waals surface area contributed by atoms with Gasteiger partial charge in [0.15, 0.2) is 5.78 Å². The lowest BCUT2D eigenvalue weighted by atomic mass is 9.86. The topological polar surface area (TPSA) is 108 Å². The summed E-state index contributed by atoms with van der Waals surface area (Å²) in [6.45, 7) is 11.2. The van der Waals surface area contributed by atoms with Gasteiger partial charge in [-0.2, -0.15) is 0 Å². The molecule has 38 heavy (non-hydrogen) atoms. The van der Waals surface area contributed by atoms with Gasteiger partial charge in [0.25, 0.3) is 0 Å². The second-order valence-electron chi connectivity index (χ2n) is 10.8. The predicted molar refractivity (Wildman–Crippen MR) is 144 cm³/mol. The molecule has 0 aromatic heterocycles. The summed E-state index contributed by atoms with van der Waals surface area (Å²) in [6, 6.07) is 15.1. The highest BCUT2D eigenvalue weighted by atomic mass is 16.6. The summed E-state index contributed by atoms with van der Waals surface area (Å²) >= 11 is 0. The Kier molecular flexibility index (Phi) is 10.4. The second-order valence-corrected chi connectivity index (χ2v) is 10.8. The summed E-state index contributed by atoms with van der Waals surface area (Å²) in [5.41, 5.74) is 1.29. The fraction of sp³-hybridized carbons (Fsp3) is 0.400. The number of hydrogen-bond donors (Lipinski definition) is 1. The Morgan fingerprint density at radius 3 is 2.03 bits per heavy atom. The first-order valence-electron chi connectivity index (χ1n) is 12.3. The van der Waals surface area contributed by atoms with Crippen LogP contribution in [-0.2, 0) is 40.6 Å². The first-order valence-corrected chi connectivity index (χ1v) is 12.3. The monoisotopic (exact) mass is 523 g/mol. The van der Waals surface area contributed by atoms with Crippen molar-refractivity contribution < 1.29 is 33.4 Å². The van der Waals surface area contributed by atoms with Crippen LogP contribution in [0.4, 0.5) is 4.79 Å². The van der Waals surface area contributed by atoms with Crippen molar-refractivity contribution in [1.29, 1.82) is 0 Å². The Morgan fingerprint density at radius 1 is 0.895 bits per heavy atom. The van der Waals surface area contributed by atoms with E-state index in [-0.39, 0.29) is 17.6 Å². The number of hydrogen-bond acceptors (Lipinski definition) is 7. The molecule has 1 atom stereocenters. The highest BCUT2D eigenvalue weighted by molar-refractivity contribution is 6.21. The van der Waals surface area contributed by atoms with Gasteiger partial charge in [-0.15, -0.1) is 0 Å². The molecule has 204 valence electrons. The van der Waals surface area contributed by atoms with E-state index in [1.165, 1.54) is 6.08 Å². The molecule has 0 spiro atoms. The van der Waals surface area contributed by atoms with E-state index in [1.807, 2.05) is 30.3 Å². The lowest BCUT2D eigenvalue weighted by Gasteiger charge is -2.22. The number of carbonyl (C=O) groups is 4. The zero-order valence-corrected chi connectivity index (χ0v) is 23.1. The van der Waals surface area contributed by atoms with Crippen LogP contribution in [0.5, 0.6) is 0 Å². The van der Waals surface area contributed by atoms with Crippen molar-refractivity contribution in [2.24, 2.45) is 0 Å². The van der Waals surface area contributed by atoms with Crippen LogP contribution in [0.2, 0.25) is 0 Å². The SMILES string of the molecule is COC(=O)[C@H](CC(=O)/C(=C\c1ccc(C(C)(C)C)cc1)C(=O)OCc1ccccc1)NC(=O)OC(C)(C)C. The highest BCUT2D eigenvalue weighted by Gasteiger charge is 2.30.